The standard InChI is InChI=1S/C16H18ClIN2O/c1-10(2)7-13-14(18)15(17)20-16(19-13)12-6-4-5-11(8-12)9-21-3/h4-6,8,10H,7,9H2,1-3H3. The Balaban J connectivity index is 2.44. The van der Waals surface area contributed by atoms with Crippen molar-refractivity contribution < 1.29 is 4.74 Å². The Morgan fingerprint density at radius 2 is 2.05 bits per heavy atom. The Morgan fingerprint density at radius 1 is 1.29 bits per heavy atom. The van der Waals surface area contributed by atoms with Crippen molar-refractivity contribution in [3.8, 4) is 11.4 Å². The van der Waals surface area contributed by atoms with Crippen LogP contribution in [0.2, 0.25) is 5.15 Å². The fourth-order valence-electron chi connectivity index (χ4n) is 2.08. The number of ether oxygens (including phenoxy) is 1. The van der Waals surface area contributed by atoms with Gasteiger partial charge in [-0.15, -0.1) is 0 Å². The van der Waals surface area contributed by atoms with E-state index in [9.17, 15) is 0 Å². The van der Waals surface area contributed by atoms with Crippen LogP contribution in [0, 0.1) is 9.49 Å². The third kappa shape index (κ3) is 4.37. The van der Waals surface area contributed by atoms with Gasteiger partial charge in [0.2, 0.25) is 0 Å². The highest BCUT2D eigenvalue weighted by Crippen LogP contribution is 2.26. The van der Waals surface area contributed by atoms with Gasteiger partial charge in [-0.05, 0) is 46.6 Å². The molecular formula is C16H18ClIN2O. The van der Waals surface area contributed by atoms with Gasteiger partial charge >= 0.3 is 0 Å². The molecule has 112 valence electrons. The van der Waals surface area contributed by atoms with E-state index in [1.54, 1.807) is 7.11 Å². The first-order chi connectivity index (χ1) is 10.0. The molecule has 0 saturated heterocycles. The maximum Gasteiger partial charge on any atom is 0.161 e. The lowest BCUT2D eigenvalue weighted by molar-refractivity contribution is 0.185. The van der Waals surface area contributed by atoms with Crippen LogP contribution in [0.4, 0.5) is 0 Å². The SMILES string of the molecule is COCc1cccc(-c2nc(Cl)c(I)c(CC(C)C)n2)c1. The lowest BCUT2D eigenvalue weighted by Gasteiger charge is -2.11. The molecule has 0 saturated carbocycles. The maximum atomic E-state index is 6.27. The normalized spacial score (nSPS) is 11.1. The summed E-state index contributed by atoms with van der Waals surface area (Å²) in [6.07, 6.45) is 0.894. The summed E-state index contributed by atoms with van der Waals surface area (Å²) in [5, 5.41) is 0.522. The lowest BCUT2D eigenvalue weighted by Crippen LogP contribution is -2.04. The van der Waals surface area contributed by atoms with E-state index in [4.69, 9.17) is 21.3 Å². The van der Waals surface area contributed by atoms with Crippen molar-refractivity contribution in [3.63, 3.8) is 0 Å². The van der Waals surface area contributed by atoms with Crippen LogP contribution in [0.25, 0.3) is 11.4 Å². The molecule has 0 unspecified atom stereocenters. The van der Waals surface area contributed by atoms with E-state index < -0.39 is 0 Å². The van der Waals surface area contributed by atoms with Crippen molar-refractivity contribution in [2.45, 2.75) is 26.9 Å². The van der Waals surface area contributed by atoms with Crippen molar-refractivity contribution in [3.05, 3.63) is 44.2 Å². The van der Waals surface area contributed by atoms with E-state index in [1.165, 1.54) is 0 Å². The Hall–Kier alpha value is -0.720. The number of rotatable bonds is 5. The molecule has 5 heteroatoms. The maximum absolute atomic E-state index is 6.27. The minimum absolute atomic E-state index is 0.522. The van der Waals surface area contributed by atoms with E-state index in [0.717, 1.165) is 26.8 Å². The molecule has 0 fully saturated rings. The Labute approximate surface area is 144 Å². The summed E-state index contributed by atoms with van der Waals surface area (Å²) >= 11 is 8.49. The van der Waals surface area contributed by atoms with E-state index in [1.807, 2.05) is 24.3 Å². The van der Waals surface area contributed by atoms with Gasteiger partial charge in [0.1, 0.15) is 5.15 Å². The quantitative estimate of drug-likeness (QED) is 0.521. The minimum Gasteiger partial charge on any atom is -0.380 e. The van der Waals surface area contributed by atoms with Gasteiger partial charge in [0.25, 0.3) is 0 Å². The summed E-state index contributed by atoms with van der Waals surface area (Å²) in [5.41, 5.74) is 3.07. The highest BCUT2D eigenvalue weighted by atomic mass is 127. The number of nitrogens with zero attached hydrogens (tertiary/aromatic N) is 2. The Kier molecular flexibility index (Phi) is 5.96. The molecule has 0 atom stereocenters. The van der Waals surface area contributed by atoms with Gasteiger partial charge < -0.3 is 4.74 Å². The zero-order valence-corrected chi connectivity index (χ0v) is 15.3. The second-order valence-electron chi connectivity index (χ2n) is 5.33. The average molecular weight is 417 g/mol. The molecule has 21 heavy (non-hydrogen) atoms. The number of halogens is 2. The summed E-state index contributed by atoms with van der Waals surface area (Å²) in [7, 11) is 1.69. The Bertz CT molecular complexity index is 632. The van der Waals surface area contributed by atoms with Crippen LogP contribution in [-0.2, 0) is 17.8 Å². The van der Waals surface area contributed by atoms with Gasteiger partial charge in [0.15, 0.2) is 5.82 Å². The van der Waals surface area contributed by atoms with Gasteiger partial charge in [-0.1, -0.05) is 43.6 Å². The highest BCUT2D eigenvalue weighted by Gasteiger charge is 2.13. The van der Waals surface area contributed by atoms with E-state index in [2.05, 4.69) is 41.4 Å². The third-order valence-corrected chi connectivity index (χ3v) is 4.70. The van der Waals surface area contributed by atoms with Crippen LogP contribution in [-0.4, -0.2) is 17.1 Å². The van der Waals surface area contributed by atoms with Crippen LogP contribution in [0.15, 0.2) is 24.3 Å². The zero-order chi connectivity index (χ0) is 15.4. The number of aromatic nitrogens is 2. The summed E-state index contributed by atoms with van der Waals surface area (Å²) in [5.74, 6) is 1.20. The summed E-state index contributed by atoms with van der Waals surface area (Å²) in [6.45, 7) is 4.92. The predicted octanol–water partition coefficient (Wildman–Crippen LogP) is 4.75. The number of hydrogen-bond acceptors (Lipinski definition) is 3. The number of benzene rings is 1. The third-order valence-electron chi connectivity index (χ3n) is 2.98. The van der Waals surface area contributed by atoms with Crippen molar-refractivity contribution >= 4 is 34.2 Å². The minimum atomic E-state index is 0.522. The van der Waals surface area contributed by atoms with Crippen LogP contribution < -0.4 is 0 Å². The Morgan fingerprint density at radius 3 is 2.71 bits per heavy atom. The zero-order valence-electron chi connectivity index (χ0n) is 12.4. The first kappa shape index (κ1) is 16.6. The first-order valence-corrected chi connectivity index (χ1v) is 8.27. The van der Waals surface area contributed by atoms with Crippen molar-refractivity contribution in [2.75, 3.05) is 7.11 Å². The molecule has 1 aromatic heterocycles. The fourth-order valence-corrected chi connectivity index (χ4v) is 2.73. The highest BCUT2D eigenvalue weighted by molar-refractivity contribution is 14.1. The molecule has 0 aliphatic heterocycles. The summed E-state index contributed by atoms with van der Waals surface area (Å²) < 4.78 is 6.11. The average Bonchev–Trinajstić information content (AvgIpc) is 2.44. The molecule has 2 rings (SSSR count). The smallest absolute Gasteiger partial charge is 0.161 e. The molecule has 0 aliphatic carbocycles. The molecule has 3 nitrogen and oxygen atoms in total. The molecule has 0 radical (unpaired) electrons. The molecule has 1 aromatic carbocycles. The van der Waals surface area contributed by atoms with Crippen molar-refractivity contribution in [1.29, 1.82) is 0 Å². The second kappa shape index (κ2) is 7.51. The molecule has 2 aromatic rings. The van der Waals surface area contributed by atoms with Gasteiger partial charge in [-0.2, -0.15) is 0 Å². The lowest BCUT2D eigenvalue weighted by atomic mass is 10.1. The number of methoxy groups -OCH3 is 1. The van der Waals surface area contributed by atoms with Crippen LogP contribution in [0.3, 0.4) is 0 Å². The molecule has 0 aliphatic rings. The predicted molar refractivity (Wildman–Crippen MR) is 94.5 cm³/mol. The van der Waals surface area contributed by atoms with Gasteiger partial charge in [-0.25, -0.2) is 9.97 Å². The molecule has 1 heterocycles. The summed E-state index contributed by atoms with van der Waals surface area (Å²) in [6, 6.07) is 8.05. The molecule has 0 bridgehead atoms. The molecule has 0 amide bonds. The van der Waals surface area contributed by atoms with Gasteiger partial charge in [0, 0.05) is 12.7 Å². The van der Waals surface area contributed by atoms with Crippen molar-refractivity contribution in [2.24, 2.45) is 5.92 Å². The van der Waals surface area contributed by atoms with E-state index in [-0.39, 0.29) is 0 Å². The van der Waals surface area contributed by atoms with Crippen LogP contribution in [0.5, 0.6) is 0 Å². The monoisotopic (exact) mass is 416 g/mol. The molecule has 0 spiro atoms. The summed E-state index contributed by atoms with van der Waals surface area (Å²) in [4.78, 5) is 9.12. The largest absolute Gasteiger partial charge is 0.380 e. The first-order valence-electron chi connectivity index (χ1n) is 6.81. The van der Waals surface area contributed by atoms with Crippen molar-refractivity contribution in [1.82, 2.24) is 9.97 Å². The number of hydrogen-bond donors (Lipinski definition) is 0. The van der Waals surface area contributed by atoms with E-state index >= 15 is 0 Å². The van der Waals surface area contributed by atoms with Crippen LogP contribution >= 0.6 is 34.2 Å². The molecule has 0 N–H and O–H groups in total. The fraction of sp³-hybridized carbons (Fsp3) is 0.375. The van der Waals surface area contributed by atoms with Gasteiger partial charge in [-0.3, -0.25) is 0 Å². The topological polar surface area (TPSA) is 35.0 Å². The van der Waals surface area contributed by atoms with E-state index in [0.29, 0.717) is 23.5 Å². The van der Waals surface area contributed by atoms with Crippen LogP contribution in [0.1, 0.15) is 25.1 Å². The molecular weight excluding hydrogens is 399 g/mol. The second-order valence-corrected chi connectivity index (χ2v) is 6.77. The van der Waals surface area contributed by atoms with Gasteiger partial charge in [0.05, 0.1) is 15.9 Å².